The van der Waals surface area contributed by atoms with Gasteiger partial charge in [0.1, 0.15) is 24.1 Å². The molecule has 2 aromatic rings. The molecule has 2 aliphatic rings. The van der Waals surface area contributed by atoms with Gasteiger partial charge in [-0.25, -0.2) is 9.36 Å². The number of hydrogen-bond acceptors (Lipinski definition) is 10. The average Bonchev–Trinajstić information content (AvgIpc) is 3.01. The average molecular weight is 474 g/mol. The molecule has 31 heavy (non-hydrogen) atoms. The molecule has 1 aromatic heterocycles. The van der Waals surface area contributed by atoms with Crippen molar-refractivity contribution in [3.05, 3.63) is 57.6 Å². The summed E-state index contributed by atoms with van der Waals surface area (Å²) < 4.78 is 35.6. The second kappa shape index (κ2) is 8.97. The summed E-state index contributed by atoms with van der Waals surface area (Å²) in [7, 11) is -3.97. The largest absolute Gasteiger partial charge is 0.475 e. The maximum absolute atomic E-state index is 12.9. The Kier molecular flexibility index (Phi) is 6.47. The minimum Gasteiger partial charge on any atom is -0.387 e. The summed E-state index contributed by atoms with van der Waals surface area (Å²) in [6.07, 6.45) is -4.01. The van der Waals surface area contributed by atoms with Crippen LogP contribution in [0.25, 0.3) is 0 Å². The molecule has 4 rings (SSSR count). The summed E-state index contributed by atoms with van der Waals surface area (Å²) in [5.74, 6) is 0.00752. The number of phosphoric acid groups is 1. The normalized spacial score (nSPS) is 33.5. The lowest BCUT2D eigenvalue weighted by molar-refractivity contribution is -0.0609. The molecule has 4 N–H and O–H groups in total. The monoisotopic (exact) mass is 473 g/mol. The van der Waals surface area contributed by atoms with Gasteiger partial charge in [0.2, 0.25) is 0 Å². The highest BCUT2D eigenvalue weighted by molar-refractivity contribution is 7.48. The number of benzene rings is 1. The van der Waals surface area contributed by atoms with Crippen molar-refractivity contribution in [2.24, 2.45) is 0 Å². The van der Waals surface area contributed by atoms with Crippen LogP contribution < -0.4 is 11.4 Å². The van der Waals surface area contributed by atoms with Crippen molar-refractivity contribution in [3.63, 3.8) is 0 Å². The van der Waals surface area contributed by atoms with Crippen LogP contribution in [-0.2, 0) is 22.9 Å². The third-order valence-corrected chi connectivity index (χ3v) is 6.68. The summed E-state index contributed by atoms with van der Waals surface area (Å²) in [5, 5.41) is 21.1. The minimum absolute atomic E-state index is 0.00752. The first kappa shape index (κ1) is 22.4. The molecule has 0 saturated carbocycles. The quantitative estimate of drug-likeness (QED) is 0.542. The van der Waals surface area contributed by atoms with Gasteiger partial charge in [-0.3, -0.25) is 18.1 Å². The molecule has 11 nitrogen and oxygen atoms in total. The lowest BCUT2D eigenvalue weighted by Crippen LogP contribution is -2.36. The standard InChI is InChI=1S/C18H21ClN3O8P/c19-11-3-1-2-10(8-11)12-5-7-27-31(26,30-12)28-9-13-15(23)16(24)17(29-13)22-6-4-14(20)21-18(22)25/h1-4,6,8,12-13,15-17,23-24H,5,7,9H2,(H2,20,21,25)/t12-,13+,15+,16-,17+,31?/m0/s1. The molecular weight excluding hydrogens is 453 g/mol. The number of rotatable bonds is 5. The second-order valence-electron chi connectivity index (χ2n) is 7.10. The number of ether oxygens (including phenoxy) is 1. The van der Waals surface area contributed by atoms with Gasteiger partial charge in [0.25, 0.3) is 0 Å². The maximum Gasteiger partial charge on any atom is 0.475 e. The lowest BCUT2D eigenvalue weighted by Gasteiger charge is -2.29. The summed E-state index contributed by atoms with van der Waals surface area (Å²) >= 11 is 6.01. The Morgan fingerprint density at radius 3 is 2.87 bits per heavy atom. The second-order valence-corrected chi connectivity index (χ2v) is 9.16. The zero-order chi connectivity index (χ0) is 22.2. The molecule has 0 bridgehead atoms. The Morgan fingerprint density at radius 2 is 2.13 bits per heavy atom. The molecular formula is C18H21ClN3O8P. The van der Waals surface area contributed by atoms with Crippen LogP contribution in [0.1, 0.15) is 24.3 Å². The number of nitrogen functional groups attached to an aromatic ring is 1. The fraction of sp³-hybridized carbons (Fsp3) is 0.444. The van der Waals surface area contributed by atoms with Crippen molar-refractivity contribution in [1.82, 2.24) is 9.55 Å². The number of aromatic nitrogens is 2. The molecule has 3 heterocycles. The van der Waals surface area contributed by atoms with Crippen LogP contribution in [0.3, 0.4) is 0 Å². The highest BCUT2D eigenvalue weighted by Crippen LogP contribution is 2.57. The van der Waals surface area contributed by atoms with Crippen LogP contribution in [0.15, 0.2) is 41.3 Å². The fourth-order valence-electron chi connectivity index (χ4n) is 3.39. The van der Waals surface area contributed by atoms with E-state index in [1.54, 1.807) is 24.3 Å². The predicted octanol–water partition coefficient (Wildman–Crippen LogP) is 1.40. The number of nitrogens with zero attached hydrogens (tertiary/aromatic N) is 2. The Balaban J connectivity index is 1.42. The van der Waals surface area contributed by atoms with Crippen LogP contribution in [0.2, 0.25) is 5.02 Å². The Labute approximate surface area is 181 Å². The smallest absolute Gasteiger partial charge is 0.387 e. The number of hydrogen-bond donors (Lipinski definition) is 3. The van der Waals surface area contributed by atoms with Crippen molar-refractivity contribution in [1.29, 1.82) is 0 Å². The first-order valence-corrected chi connectivity index (χ1v) is 11.3. The van der Waals surface area contributed by atoms with E-state index in [0.29, 0.717) is 11.4 Å². The summed E-state index contributed by atoms with van der Waals surface area (Å²) in [6.45, 7) is -0.286. The van der Waals surface area contributed by atoms with E-state index in [4.69, 9.17) is 35.6 Å². The first-order chi connectivity index (χ1) is 14.8. The zero-order valence-electron chi connectivity index (χ0n) is 16.1. The molecule has 2 saturated heterocycles. The van der Waals surface area contributed by atoms with Crippen LogP contribution in [0.4, 0.5) is 5.82 Å². The summed E-state index contributed by atoms with van der Waals surface area (Å²) in [6, 6.07) is 8.30. The van der Waals surface area contributed by atoms with Crippen molar-refractivity contribution in [2.45, 2.75) is 37.1 Å². The molecule has 0 aliphatic carbocycles. The number of halogens is 1. The van der Waals surface area contributed by atoms with Gasteiger partial charge in [-0.1, -0.05) is 23.7 Å². The molecule has 1 unspecified atom stereocenters. The van der Waals surface area contributed by atoms with E-state index in [1.165, 1.54) is 12.3 Å². The number of aliphatic hydroxyl groups is 2. The highest BCUT2D eigenvalue weighted by Gasteiger charge is 2.46. The molecule has 2 fully saturated rings. The van der Waals surface area contributed by atoms with Gasteiger partial charge in [0.05, 0.1) is 19.3 Å². The Morgan fingerprint density at radius 1 is 1.32 bits per heavy atom. The van der Waals surface area contributed by atoms with Crippen molar-refractivity contribution < 1.29 is 33.1 Å². The van der Waals surface area contributed by atoms with Gasteiger partial charge in [0, 0.05) is 17.6 Å². The summed E-state index contributed by atoms with van der Waals surface area (Å²) in [4.78, 5) is 15.6. The lowest BCUT2D eigenvalue weighted by atomic mass is 10.1. The molecule has 0 spiro atoms. The molecule has 1 aromatic carbocycles. The van der Waals surface area contributed by atoms with E-state index >= 15 is 0 Å². The predicted molar refractivity (Wildman–Crippen MR) is 108 cm³/mol. The molecule has 13 heteroatoms. The van der Waals surface area contributed by atoms with E-state index < -0.39 is 50.8 Å². The molecule has 168 valence electrons. The van der Waals surface area contributed by atoms with Gasteiger partial charge in [0.15, 0.2) is 6.23 Å². The molecule has 6 atom stereocenters. The maximum atomic E-state index is 12.9. The third-order valence-electron chi connectivity index (χ3n) is 4.97. The zero-order valence-corrected chi connectivity index (χ0v) is 17.8. The third kappa shape index (κ3) is 4.84. The van der Waals surface area contributed by atoms with Crippen LogP contribution in [0.5, 0.6) is 0 Å². The van der Waals surface area contributed by atoms with Gasteiger partial charge in [-0.2, -0.15) is 4.98 Å². The van der Waals surface area contributed by atoms with Gasteiger partial charge in [-0.15, -0.1) is 0 Å². The van der Waals surface area contributed by atoms with Gasteiger partial charge >= 0.3 is 13.5 Å². The van der Waals surface area contributed by atoms with Crippen LogP contribution in [-0.4, -0.2) is 51.3 Å². The van der Waals surface area contributed by atoms with E-state index in [9.17, 15) is 19.6 Å². The Hall–Kier alpha value is -1.82. The molecule has 0 amide bonds. The number of anilines is 1. The molecule has 0 radical (unpaired) electrons. The van der Waals surface area contributed by atoms with Gasteiger partial charge in [-0.05, 0) is 23.8 Å². The van der Waals surface area contributed by atoms with Crippen molar-refractivity contribution >= 4 is 25.2 Å². The number of aliphatic hydroxyl groups excluding tert-OH is 2. The van der Waals surface area contributed by atoms with Gasteiger partial charge < -0.3 is 20.7 Å². The van der Waals surface area contributed by atoms with E-state index in [-0.39, 0.29) is 12.4 Å². The SMILES string of the molecule is Nc1ccn([C@@H]2O[C@H](COP3(=O)OCC[C@@H](c4cccc(Cl)c4)O3)[C@@H](O)[C@@H]2O)c(=O)n1. The first-order valence-electron chi connectivity index (χ1n) is 9.45. The minimum atomic E-state index is -3.97. The van der Waals surface area contributed by atoms with Crippen LogP contribution in [0, 0.1) is 0 Å². The molecule has 2 aliphatic heterocycles. The highest BCUT2D eigenvalue weighted by atomic mass is 35.5. The Bertz CT molecular complexity index is 1050. The number of phosphoric ester groups is 1. The van der Waals surface area contributed by atoms with Crippen LogP contribution >= 0.6 is 19.4 Å². The van der Waals surface area contributed by atoms with Crippen molar-refractivity contribution in [2.75, 3.05) is 18.9 Å². The topological polar surface area (TPSA) is 155 Å². The van der Waals surface area contributed by atoms with E-state index in [1.807, 2.05) is 0 Å². The van der Waals surface area contributed by atoms with E-state index in [0.717, 1.165) is 10.1 Å². The van der Waals surface area contributed by atoms with E-state index in [2.05, 4.69) is 4.98 Å². The fourth-order valence-corrected chi connectivity index (χ4v) is 4.99. The van der Waals surface area contributed by atoms with Crippen molar-refractivity contribution in [3.8, 4) is 0 Å². The number of nitrogens with two attached hydrogens (primary N) is 1. The summed E-state index contributed by atoms with van der Waals surface area (Å²) in [5.41, 5.74) is 5.43.